The number of rotatable bonds is 10. The van der Waals surface area contributed by atoms with Gasteiger partial charge in [0.2, 0.25) is 0 Å². The lowest BCUT2D eigenvalue weighted by molar-refractivity contribution is 1.17. The van der Waals surface area contributed by atoms with E-state index in [1.807, 2.05) is 24.3 Å². The standard InChI is InChI=1S/C53H40N2/c1-4-7-25-49(37(6-3)18-5-2)55-51-27-17-15-24-46(51)48-31-29-41(36-53(48)55)40-28-30-47-45-23-14-16-26-50(45)54(52(47)35-40)44-33-42(38-19-10-8-11-20-38)32-43(34-44)39-21-12-9-13-22-39/h4-17,19-36H,1-3,18H2/b25-7-,49-37+. The molecule has 0 bridgehead atoms. The first-order valence-electron chi connectivity index (χ1n) is 18.8. The van der Waals surface area contributed by atoms with E-state index in [0.29, 0.717) is 6.42 Å². The van der Waals surface area contributed by atoms with E-state index < -0.39 is 0 Å². The number of para-hydroxylation sites is 2. The van der Waals surface area contributed by atoms with Gasteiger partial charge in [0.15, 0.2) is 0 Å². The Bertz CT molecular complexity index is 2930. The molecule has 2 heteroatoms. The minimum absolute atomic E-state index is 0.701. The van der Waals surface area contributed by atoms with Crippen LogP contribution in [0.4, 0.5) is 0 Å². The Labute approximate surface area is 322 Å². The third kappa shape index (κ3) is 5.95. The molecule has 0 amide bonds. The molecule has 0 unspecified atom stereocenters. The van der Waals surface area contributed by atoms with E-state index in [2.05, 4.69) is 199 Å². The molecule has 7 aromatic carbocycles. The van der Waals surface area contributed by atoms with Gasteiger partial charge in [-0.25, -0.2) is 0 Å². The van der Waals surface area contributed by atoms with Crippen molar-refractivity contribution in [3.8, 4) is 39.1 Å². The number of allylic oxidation sites excluding steroid dienone is 7. The molecule has 0 saturated carbocycles. The van der Waals surface area contributed by atoms with Crippen molar-refractivity contribution in [2.24, 2.45) is 0 Å². The van der Waals surface area contributed by atoms with Crippen LogP contribution in [0.25, 0.3) is 88.4 Å². The summed E-state index contributed by atoms with van der Waals surface area (Å²) in [5, 5.41) is 4.86. The summed E-state index contributed by atoms with van der Waals surface area (Å²) >= 11 is 0. The highest BCUT2D eigenvalue weighted by atomic mass is 15.0. The highest BCUT2D eigenvalue weighted by Gasteiger charge is 2.18. The van der Waals surface area contributed by atoms with E-state index >= 15 is 0 Å². The summed E-state index contributed by atoms with van der Waals surface area (Å²) in [5.74, 6) is 0. The monoisotopic (exact) mass is 704 g/mol. The molecule has 55 heavy (non-hydrogen) atoms. The highest BCUT2D eigenvalue weighted by molar-refractivity contribution is 6.13. The van der Waals surface area contributed by atoms with E-state index in [-0.39, 0.29) is 0 Å². The average molecular weight is 705 g/mol. The van der Waals surface area contributed by atoms with Crippen molar-refractivity contribution >= 4 is 49.3 Å². The van der Waals surface area contributed by atoms with Crippen LogP contribution < -0.4 is 0 Å². The van der Waals surface area contributed by atoms with Crippen LogP contribution in [0, 0.1) is 0 Å². The lowest BCUT2D eigenvalue weighted by Crippen LogP contribution is -1.99. The van der Waals surface area contributed by atoms with Gasteiger partial charge in [0.05, 0.1) is 22.1 Å². The van der Waals surface area contributed by atoms with Crippen molar-refractivity contribution in [3.63, 3.8) is 0 Å². The number of fused-ring (bicyclic) bond motifs is 6. The van der Waals surface area contributed by atoms with Crippen LogP contribution in [-0.2, 0) is 0 Å². The van der Waals surface area contributed by atoms with Gasteiger partial charge in [0.25, 0.3) is 0 Å². The molecule has 0 aliphatic carbocycles. The van der Waals surface area contributed by atoms with Gasteiger partial charge in [-0.1, -0.05) is 159 Å². The fourth-order valence-electron chi connectivity index (χ4n) is 8.11. The summed E-state index contributed by atoms with van der Waals surface area (Å²) in [6, 6.07) is 59.5. The Morgan fingerprint density at radius 2 is 0.982 bits per heavy atom. The molecule has 0 radical (unpaired) electrons. The van der Waals surface area contributed by atoms with Crippen LogP contribution in [0.2, 0.25) is 0 Å². The highest BCUT2D eigenvalue weighted by Crippen LogP contribution is 2.40. The third-order valence-corrected chi connectivity index (χ3v) is 10.6. The second-order valence-electron chi connectivity index (χ2n) is 13.9. The number of hydrogen-bond acceptors (Lipinski definition) is 0. The normalized spacial score (nSPS) is 12.1. The zero-order chi connectivity index (χ0) is 37.3. The maximum Gasteiger partial charge on any atom is 0.0547 e. The Balaban J connectivity index is 1.30. The zero-order valence-corrected chi connectivity index (χ0v) is 30.7. The van der Waals surface area contributed by atoms with Crippen molar-refractivity contribution in [2.75, 3.05) is 0 Å². The molecule has 0 N–H and O–H groups in total. The van der Waals surface area contributed by atoms with Gasteiger partial charge in [0.1, 0.15) is 0 Å². The molecule has 0 aliphatic rings. The molecule has 0 saturated heterocycles. The SMILES string of the molecule is C=C/C=C\C(=C(\C=C)CC=C)n1c2ccccc2c2ccc(-c3ccc4c5ccccc5n(-c5cc(-c6ccccc6)cc(-c6ccccc6)c5)c4c3)cc21. The summed E-state index contributed by atoms with van der Waals surface area (Å²) in [6.07, 6.45) is 10.5. The molecule has 2 nitrogen and oxygen atoms in total. The van der Waals surface area contributed by atoms with Crippen LogP contribution in [0.15, 0.2) is 219 Å². The Morgan fingerprint density at radius 3 is 1.58 bits per heavy atom. The van der Waals surface area contributed by atoms with Gasteiger partial charge in [-0.3, -0.25) is 0 Å². The van der Waals surface area contributed by atoms with Gasteiger partial charge in [-0.2, -0.15) is 0 Å². The van der Waals surface area contributed by atoms with E-state index in [1.165, 1.54) is 49.3 Å². The van der Waals surface area contributed by atoms with Crippen LogP contribution in [-0.4, -0.2) is 9.13 Å². The van der Waals surface area contributed by atoms with Crippen molar-refractivity contribution in [2.45, 2.75) is 6.42 Å². The largest absolute Gasteiger partial charge is 0.309 e. The first-order chi connectivity index (χ1) is 27.2. The molecule has 9 rings (SSSR count). The molecule has 0 atom stereocenters. The predicted molar refractivity (Wildman–Crippen MR) is 238 cm³/mol. The Hall–Kier alpha value is -7.16. The van der Waals surface area contributed by atoms with Crippen LogP contribution in [0.3, 0.4) is 0 Å². The fraction of sp³-hybridized carbons (Fsp3) is 0.0189. The van der Waals surface area contributed by atoms with Crippen LogP contribution in [0.1, 0.15) is 6.42 Å². The first kappa shape index (κ1) is 33.7. The molecule has 9 aromatic rings. The predicted octanol–water partition coefficient (Wildman–Crippen LogP) is 14.6. The van der Waals surface area contributed by atoms with Crippen molar-refractivity contribution in [3.05, 3.63) is 219 Å². The van der Waals surface area contributed by atoms with Crippen LogP contribution >= 0.6 is 0 Å². The summed E-state index contributed by atoms with van der Waals surface area (Å²) in [5.41, 5.74) is 14.9. The summed E-state index contributed by atoms with van der Waals surface area (Å²) in [4.78, 5) is 0. The first-order valence-corrected chi connectivity index (χ1v) is 18.8. The van der Waals surface area contributed by atoms with E-state index in [9.17, 15) is 0 Å². The van der Waals surface area contributed by atoms with E-state index in [1.54, 1.807) is 0 Å². The van der Waals surface area contributed by atoms with Crippen molar-refractivity contribution < 1.29 is 0 Å². The van der Waals surface area contributed by atoms with Crippen molar-refractivity contribution in [1.82, 2.24) is 9.13 Å². The smallest absolute Gasteiger partial charge is 0.0547 e. The minimum atomic E-state index is 0.701. The average Bonchev–Trinajstić information content (AvgIpc) is 3.76. The zero-order valence-electron chi connectivity index (χ0n) is 30.7. The molecule has 262 valence electrons. The maximum atomic E-state index is 4.19. The van der Waals surface area contributed by atoms with Gasteiger partial charge >= 0.3 is 0 Å². The molecule has 0 aliphatic heterocycles. The summed E-state index contributed by atoms with van der Waals surface area (Å²) < 4.78 is 4.81. The Kier molecular flexibility index (Phi) is 8.78. The third-order valence-electron chi connectivity index (χ3n) is 10.6. The quantitative estimate of drug-likeness (QED) is 0.0991. The number of benzene rings is 7. The lowest BCUT2D eigenvalue weighted by Gasteiger charge is -2.15. The number of nitrogens with zero attached hydrogens (tertiary/aromatic N) is 2. The molecule has 0 spiro atoms. The van der Waals surface area contributed by atoms with Gasteiger partial charge < -0.3 is 9.13 Å². The van der Waals surface area contributed by atoms with Crippen molar-refractivity contribution in [1.29, 1.82) is 0 Å². The van der Waals surface area contributed by atoms with Gasteiger partial charge in [-0.15, -0.1) is 6.58 Å². The molecular weight excluding hydrogens is 665 g/mol. The summed E-state index contributed by atoms with van der Waals surface area (Å²) in [6.45, 7) is 12.2. The Morgan fingerprint density at radius 1 is 0.455 bits per heavy atom. The molecule has 2 aromatic heterocycles. The lowest BCUT2D eigenvalue weighted by atomic mass is 9.98. The second-order valence-corrected chi connectivity index (χ2v) is 13.9. The van der Waals surface area contributed by atoms with E-state index in [0.717, 1.165) is 44.6 Å². The summed E-state index contributed by atoms with van der Waals surface area (Å²) in [7, 11) is 0. The maximum absolute atomic E-state index is 4.19. The number of hydrogen-bond donors (Lipinski definition) is 0. The van der Waals surface area contributed by atoms with Crippen LogP contribution in [0.5, 0.6) is 0 Å². The molecule has 2 heterocycles. The van der Waals surface area contributed by atoms with Gasteiger partial charge in [-0.05, 0) is 93.9 Å². The van der Waals surface area contributed by atoms with E-state index in [4.69, 9.17) is 0 Å². The number of aromatic nitrogens is 2. The molecular formula is C53H40N2. The fourth-order valence-corrected chi connectivity index (χ4v) is 8.11. The topological polar surface area (TPSA) is 9.86 Å². The minimum Gasteiger partial charge on any atom is -0.309 e. The van der Waals surface area contributed by atoms with Gasteiger partial charge in [0, 0.05) is 32.9 Å². The molecule has 0 fully saturated rings. The second kappa shape index (κ2) is 14.3.